The van der Waals surface area contributed by atoms with E-state index >= 15 is 0 Å². The van der Waals surface area contributed by atoms with Gasteiger partial charge in [0.2, 0.25) is 6.10 Å². The number of hydrogen-bond acceptors (Lipinski definition) is 2. The number of rotatable bonds is 2. The Bertz CT molecular complexity index is 227. The van der Waals surface area contributed by atoms with Gasteiger partial charge in [-0.05, 0) is 12.1 Å². The van der Waals surface area contributed by atoms with Crippen LogP contribution in [0.4, 0.5) is 13.2 Å². The van der Waals surface area contributed by atoms with Gasteiger partial charge in [0, 0.05) is 0 Å². The zero-order valence-corrected chi connectivity index (χ0v) is 5.84. The van der Waals surface area contributed by atoms with Crippen molar-refractivity contribution in [2.45, 2.75) is 12.3 Å². The molecule has 0 saturated heterocycles. The minimum absolute atomic E-state index is 0.356. The highest BCUT2D eigenvalue weighted by Gasteiger charge is 2.43. The van der Waals surface area contributed by atoms with Crippen LogP contribution in [0.1, 0.15) is 11.9 Å². The first-order valence-electron chi connectivity index (χ1n) is 3.01. The van der Waals surface area contributed by atoms with E-state index in [9.17, 15) is 13.2 Å². The minimum atomic E-state index is -4.55. The van der Waals surface area contributed by atoms with E-state index in [-0.39, 0.29) is 5.76 Å². The van der Waals surface area contributed by atoms with E-state index in [1.807, 2.05) is 0 Å². The third-order valence-corrected chi connectivity index (χ3v) is 1.23. The van der Waals surface area contributed by atoms with Crippen molar-refractivity contribution in [1.82, 2.24) is 0 Å². The number of furan rings is 1. The summed E-state index contributed by atoms with van der Waals surface area (Å²) in [7, 11) is 4.47. The van der Waals surface area contributed by atoms with Crippen molar-refractivity contribution in [3.63, 3.8) is 0 Å². The largest absolute Gasteiger partial charge is 0.466 e. The Balaban J connectivity index is 2.84. The molecule has 0 aromatic carbocycles. The van der Waals surface area contributed by atoms with Crippen molar-refractivity contribution in [3.05, 3.63) is 31.3 Å². The lowest BCUT2D eigenvalue weighted by Crippen LogP contribution is -2.21. The molecule has 0 aliphatic heterocycles. The zero-order chi connectivity index (χ0) is 9.19. The molecule has 0 bridgehead atoms. The van der Waals surface area contributed by atoms with E-state index in [4.69, 9.17) is 0 Å². The number of alkyl halides is 3. The monoisotopic (exact) mass is 178 g/mol. The highest BCUT2D eigenvalue weighted by atomic mass is 19.4. The lowest BCUT2D eigenvalue weighted by Gasteiger charge is -2.15. The molecular formula is C7H5F3O2. The lowest BCUT2D eigenvalue weighted by atomic mass is 10.2. The number of ether oxygens (including phenoxy) is 1. The Kier molecular flexibility index (Phi) is 2.42. The molecule has 5 heteroatoms. The third-order valence-electron chi connectivity index (χ3n) is 1.23. The second kappa shape index (κ2) is 3.18. The second-order valence-corrected chi connectivity index (χ2v) is 2.07. The van der Waals surface area contributed by atoms with Crippen LogP contribution < -0.4 is 0 Å². The van der Waals surface area contributed by atoms with Gasteiger partial charge in [-0.1, -0.05) is 0 Å². The Morgan fingerprint density at radius 1 is 1.50 bits per heavy atom. The summed E-state index contributed by atoms with van der Waals surface area (Å²) >= 11 is 0. The second-order valence-electron chi connectivity index (χ2n) is 2.07. The SMILES string of the molecule is [CH]OC(c1ccco1)C(F)(F)F. The summed E-state index contributed by atoms with van der Waals surface area (Å²) in [6.07, 6.45) is -5.62. The van der Waals surface area contributed by atoms with Crippen LogP contribution in [0.3, 0.4) is 0 Å². The Labute approximate surface area is 66.9 Å². The molecule has 0 saturated carbocycles. The highest BCUT2D eigenvalue weighted by Crippen LogP contribution is 2.35. The number of halogens is 3. The van der Waals surface area contributed by atoms with Crippen LogP contribution in [-0.4, -0.2) is 6.18 Å². The average Bonchev–Trinajstić information content (AvgIpc) is 2.38. The van der Waals surface area contributed by atoms with Gasteiger partial charge in [-0.3, -0.25) is 0 Å². The molecule has 12 heavy (non-hydrogen) atoms. The summed E-state index contributed by atoms with van der Waals surface area (Å²) in [5.74, 6) is -0.356. The Morgan fingerprint density at radius 2 is 2.17 bits per heavy atom. The summed E-state index contributed by atoms with van der Waals surface area (Å²) in [5, 5.41) is 0. The molecule has 0 fully saturated rings. The lowest BCUT2D eigenvalue weighted by molar-refractivity contribution is -0.214. The van der Waals surface area contributed by atoms with Crippen molar-refractivity contribution in [2.75, 3.05) is 0 Å². The minimum Gasteiger partial charge on any atom is -0.466 e. The van der Waals surface area contributed by atoms with Gasteiger partial charge in [0.15, 0.2) is 0 Å². The molecule has 1 aromatic heterocycles. The molecule has 2 nitrogen and oxygen atoms in total. The third kappa shape index (κ3) is 1.79. The zero-order valence-electron chi connectivity index (χ0n) is 5.84. The predicted octanol–water partition coefficient (Wildman–Crippen LogP) is 2.57. The number of hydrogen-bond donors (Lipinski definition) is 0. The molecule has 0 amide bonds. The molecule has 1 rings (SSSR count). The summed E-state index contributed by atoms with van der Waals surface area (Å²) in [6.45, 7) is 0. The predicted molar refractivity (Wildman–Crippen MR) is 32.9 cm³/mol. The summed E-state index contributed by atoms with van der Waals surface area (Å²) in [5.41, 5.74) is 0. The standard InChI is InChI=1S/C7H5F3O2/c1-11-6(7(8,9)10)5-3-2-4-12-5/h1-4,6H. The fourth-order valence-corrected chi connectivity index (χ4v) is 0.746. The van der Waals surface area contributed by atoms with Gasteiger partial charge in [-0.2, -0.15) is 13.2 Å². The van der Waals surface area contributed by atoms with E-state index in [1.165, 1.54) is 6.07 Å². The van der Waals surface area contributed by atoms with Crippen molar-refractivity contribution < 1.29 is 22.3 Å². The van der Waals surface area contributed by atoms with E-state index in [2.05, 4.69) is 16.3 Å². The molecular weight excluding hydrogens is 173 g/mol. The smallest absolute Gasteiger partial charge is 0.421 e. The van der Waals surface area contributed by atoms with Crippen molar-refractivity contribution in [1.29, 1.82) is 0 Å². The van der Waals surface area contributed by atoms with Gasteiger partial charge in [0.25, 0.3) is 0 Å². The maximum Gasteiger partial charge on any atom is 0.421 e. The summed E-state index contributed by atoms with van der Waals surface area (Å²) < 4.78 is 44.3. The first kappa shape index (κ1) is 9.12. The molecule has 2 radical (unpaired) electrons. The maximum absolute atomic E-state index is 12.0. The summed E-state index contributed by atoms with van der Waals surface area (Å²) in [6, 6.07) is 2.47. The van der Waals surface area contributed by atoms with Gasteiger partial charge in [-0.25, -0.2) is 0 Å². The average molecular weight is 178 g/mol. The Hall–Kier alpha value is -0.970. The highest BCUT2D eigenvalue weighted by molar-refractivity contribution is 5.04. The fourth-order valence-electron chi connectivity index (χ4n) is 0.746. The van der Waals surface area contributed by atoms with Gasteiger partial charge in [0.1, 0.15) is 12.9 Å². The van der Waals surface area contributed by atoms with Crippen LogP contribution in [-0.2, 0) is 4.74 Å². The van der Waals surface area contributed by atoms with Gasteiger partial charge in [-0.15, -0.1) is 0 Å². The van der Waals surface area contributed by atoms with Gasteiger partial charge >= 0.3 is 6.18 Å². The van der Waals surface area contributed by atoms with E-state index in [1.54, 1.807) is 0 Å². The van der Waals surface area contributed by atoms with Crippen LogP contribution in [0.2, 0.25) is 0 Å². The molecule has 1 unspecified atom stereocenters. The molecule has 0 aliphatic carbocycles. The van der Waals surface area contributed by atoms with Gasteiger partial charge in [0.05, 0.1) is 6.26 Å². The first-order chi connectivity index (χ1) is 5.55. The van der Waals surface area contributed by atoms with Crippen LogP contribution in [0.5, 0.6) is 0 Å². The normalized spacial score (nSPS) is 14.7. The van der Waals surface area contributed by atoms with E-state index < -0.39 is 12.3 Å². The fraction of sp³-hybridized carbons (Fsp3) is 0.286. The quantitative estimate of drug-likeness (QED) is 0.694. The maximum atomic E-state index is 12.0. The van der Waals surface area contributed by atoms with Crippen molar-refractivity contribution >= 4 is 0 Å². The van der Waals surface area contributed by atoms with Crippen molar-refractivity contribution in [3.8, 4) is 0 Å². The van der Waals surface area contributed by atoms with E-state index in [0.29, 0.717) is 0 Å². The molecule has 1 atom stereocenters. The van der Waals surface area contributed by atoms with Crippen LogP contribution in [0, 0.1) is 7.11 Å². The van der Waals surface area contributed by atoms with Crippen LogP contribution in [0.25, 0.3) is 0 Å². The molecule has 0 spiro atoms. The first-order valence-corrected chi connectivity index (χ1v) is 3.01. The molecule has 0 N–H and O–H groups in total. The molecule has 1 aromatic rings. The molecule has 66 valence electrons. The summed E-state index contributed by atoms with van der Waals surface area (Å²) in [4.78, 5) is 0. The topological polar surface area (TPSA) is 22.4 Å². The molecule has 1 heterocycles. The Morgan fingerprint density at radius 3 is 2.50 bits per heavy atom. The van der Waals surface area contributed by atoms with Crippen LogP contribution >= 0.6 is 0 Å². The van der Waals surface area contributed by atoms with Crippen LogP contribution in [0.15, 0.2) is 22.8 Å². The van der Waals surface area contributed by atoms with E-state index in [0.717, 1.165) is 12.3 Å². The molecule has 0 aliphatic rings. The van der Waals surface area contributed by atoms with Crippen molar-refractivity contribution in [2.24, 2.45) is 0 Å². The van der Waals surface area contributed by atoms with Gasteiger partial charge < -0.3 is 9.15 Å².